The van der Waals surface area contributed by atoms with Crippen molar-refractivity contribution >= 4 is 64.3 Å². The molecule has 0 aromatic carbocycles. The highest BCUT2D eigenvalue weighted by Gasteiger charge is 2.26. The first-order valence-corrected chi connectivity index (χ1v) is 9.74. The molecular weight excluding hydrogens is 440 g/mol. The number of amides is 3. The number of nitrogens with zero attached hydrogens (tertiary/aromatic N) is 1. The molecule has 3 amide bonds. The number of hydrogen-bond donors (Lipinski definition) is 2. The molecule has 2 N–H and O–H groups in total. The third-order valence-electron chi connectivity index (χ3n) is 4.01. The van der Waals surface area contributed by atoms with E-state index < -0.39 is 24.0 Å². The summed E-state index contributed by atoms with van der Waals surface area (Å²) >= 11 is 23.3. The van der Waals surface area contributed by atoms with Crippen LogP contribution in [0.4, 0.5) is 4.79 Å². The van der Waals surface area contributed by atoms with Gasteiger partial charge in [-0.25, -0.2) is 14.6 Å². The van der Waals surface area contributed by atoms with E-state index >= 15 is 0 Å². The van der Waals surface area contributed by atoms with Crippen molar-refractivity contribution in [2.75, 3.05) is 0 Å². The molecule has 1 saturated carbocycles. The number of nitrogens with one attached hydrogen (secondary N) is 2. The molecule has 1 aromatic heterocycles. The first kappa shape index (κ1) is 22.0. The molecule has 0 spiro atoms. The second-order valence-electron chi connectivity index (χ2n) is 6.04. The van der Waals surface area contributed by atoms with Gasteiger partial charge in [-0.15, -0.1) is 0 Å². The number of halogens is 4. The van der Waals surface area contributed by atoms with Crippen molar-refractivity contribution in [2.45, 2.75) is 51.2 Å². The number of ether oxygens (including phenoxy) is 1. The summed E-state index contributed by atoms with van der Waals surface area (Å²) in [6.07, 6.45) is 3.67. The van der Waals surface area contributed by atoms with Gasteiger partial charge in [0.2, 0.25) is 0 Å². The molecule has 11 heteroatoms. The van der Waals surface area contributed by atoms with Gasteiger partial charge in [0.1, 0.15) is 5.15 Å². The van der Waals surface area contributed by atoms with Crippen LogP contribution >= 0.6 is 46.4 Å². The number of carbonyl (C=O) groups is 3. The zero-order chi connectivity index (χ0) is 20.1. The third kappa shape index (κ3) is 5.85. The van der Waals surface area contributed by atoms with Gasteiger partial charge < -0.3 is 10.1 Å². The number of pyridine rings is 1. The zero-order valence-electron chi connectivity index (χ0n) is 14.3. The fourth-order valence-electron chi connectivity index (χ4n) is 2.57. The number of carbonyl (C=O) groups excluding carboxylic acids is 3. The number of hydrogen-bond acceptors (Lipinski definition) is 5. The SMILES string of the molecule is C[C@@H](OC(=O)c1nc(Cl)c(Cl)c(Cl)c1Cl)C(=O)NC(=O)NC1CCCCC1. The Morgan fingerprint density at radius 3 is 2.30 bits per heavy atom. The predicted molar refractivity (Wildman–Crippen MR) is 103 cm³/mol. The normalized spacial score (nSPS) is 15.7. The van der Waals surface area contributed by atoms with E-state index in [0.29, 0.717) is 0 Å². The molecule has 2 rings (SSSR count). The second kappa shape index (κ2) is 9.78. The van der Waals surface area contributed by atoms with Gasteiger partial charge in [-0.3, -0.25) is 10.1 Å². The van der Waals surface area contributed by atoms with Crippen LogP contribution in [0.1, 0.15) is 49.5 Å². The number of aromatic nitrogens is 1. The zero-order valence-corrected chi connectivity index (χ0v) is 17.3. The molecule has 1 aromatic rings. The summed E-state index contributed by atoms with van der Waals surface area (Å²) < 4.78 is 4.98. The van der Waals surface area contributed by atoms with E-state index in [0.717, 1.165) is 32.1 Å². The van der Waals surface area contributed by atoms with Gasteiger partial charge in [0.15, 0.2) is 11.8 Å². The molecule has 1 fully saturated rings. The van der Waals surface area contributed by atoms with Crippen LogP contribution in [0.5, 0.6) is 0 Å². The topological polar surface area (TPSA) is 97.4 Å². The molecule has 0 radical (unpaired) electrons. The van der Waals surface area contributed by atoms with E-state index in [-0.39, 0.29) is 32.0 Å². The minimum absolute atomic E-state index is 0.0331. The second-order valence-corrected chi connectivity index (χ2v) is 7.53. The van der Waals surface area contributed by atoms with E-state index in [9.17, 15) is 14.4 Å². The summed E-state index contributed by atoms with van der Waals surface area (Å²) in [6.45, 7) is 1.30. The largest absolute Gasteiger partial charge is 0.448 e. The Labute approximate surface area is 176 Å². The fourth-order valence-corrected chi connectivity index (χ4v) is 3.38. The highest BCUT2D eigenvalue weighted by atomic mass is 35.5. The monoisotopic (exact) mass is 455 g/mol. The minimum Gasteiger partial charge on any atom is -0.448 e. The molecule has 1 aliphatic rings. The maximum atomic E-state index is 12.2. The van der Waals surface area contributed by atoms with Crippen molar-refractivity contribution in [3.63, 3.8) is 0 Å². The van der Waals surface area contributed by atoms with Crippen LogP contribution in [0.15, 0.2) is 0 Å². The molecular formula is C16H17Cl4N3O4. The summed E-state index contributed by atoms with van der Waals surface area (Å²) in [4.78, 5) is 39.9. The van der Waals surface area contributed by atoms with Gasteiger partial charge in [-0.2, -0.15) is 0 Å². The van der Waals surface area contributed by atoms with Crippen LogP contribution < -0.4 is 10.6 Å². The van der Waals surface area contributed by atoms with E-state index in [4.69, 9.17) is 51.1 Å². The molecule has 0 aliphatic heterocycles. The molecule has 27 heavy (non-hydrogen) atoms. The van der Waals surface area contributed by atoms with E-state index in [1.165, 1.54) is 6.92 Å². The molecule has 0 bridgehead atoms. The molecule has 1 atom stereocenters. The van der Waals surface area contributed by atoms with Crippen molar-refractivity contribution < 1.29 is 19.1 Å². The third-order valence-corrected chi connectivity index (χ3v) is 5.69. The van der Waals surface area contributed by atoms with E-state index in [1.807, 2.05) is 0 Å². The molecule has 1 heterocycles. The fraction of sp³-hybridized carbons (Fsp3) is 0.500. The van der Waals surface area contributed by atoms with Crippen LogP contribution in [-0.2, 0) is 9.53 Å². The quantitative estimate of drug-likeness (QED) is 0.516. The van der Waals surface area contributed by atoms with Gasteiger partial charge in [-0.1, -0.05) is 65.7 Å². The van der Waals surface area contributed by atoms with Crippen molar-refractivity contribution in [1.82, 2.24) is 15.6 Å². The molecule has 0 unspecified atom stereocenters. The highest BCUT2D eigenvalue weighted by molar-refractivity contribution is 6.52. The first-order valence-electron chi connectivity index (χ1n) is 8.23. The van der Waals surface area contributed by atoms with Crippen LogP contribution in [0.25, 0.3) is 0 Å². The van der Waals surface area contributed by atoms with Crippen molar-refractivity contribution in [3.8, 4) is 0 Å². The summed E-state index contributed by atoms with van der Waals surface area (Å²) in [6, 6.07) is -0.602. The average molecular weight is 457 g/mol. The number of urea groups is 1. The lowest BCUT2D eigenvalue weighted by Gasteiger charge is -2.23. The average Bonchev–Trinajstić information content (AvgIpc) is 2.63. The van der Waals surface area contributed by atoms with Gasteiger partial charge in [0, 0.05) is 6.04 Å². The van der Waals surface area contributed by atoms with Gasteiger partial charge >= 0.3 is 12.0 Å². The Hall–Kier alpha value is -1.28. The summed E-state index contributed by atoms with van der Waals surface area (Å²) in [5, 5.41) is 4.11. The van der Waals surface area contributed by atoms with Crippen molar-refractivity contribution in [3.05, 3.63) is 25.9 Å². The van der Waals surface area contributed by atoms with E-state index in [1.54, 1.807) is 0 Å². The number of esters is 1. The lowest BCUT2D eigenvalue weighted by atomic mass is 9.96. The van der Waals surface area contributed by atoms with Crippen molar-refractivity contribution in [1.29, 1.82) is 0 Å². The lowest BCUT2D eigenvalue weighted by molar-refractivity contribution is -0.127. The Bertz CT molecular complexity index is 754. The molecule has 7 nitrogen and oxygen atoms in total. The summed E-state index contributed by atoms with van der Waals surface area (Å²) in [5.74, 6) is -1.82. The predicted octanol–water partition coefficient (Wildman–Crippen LogP) is 4.40. The minimum atomic E-state index is -1.28. The van der Waals surface area contributed by atoms with Crippen LogP contribution in [-0.4, -0.2) is 35.0 Å². The van der Waals surface area contributed by atoms with Crippen LogP contribution in [0.2, 0.25) is 20.2 Å². The maximum Gasteiger partial charge on any atom is 0.359 e. The molecule has 0 saturated heterocycles. The van der Waals surface area contributed by atoms with Gasteiger partial charge in [0.05, 0.1) is 15.1 Å². The van der Waals surface area contributed by atoms with E-state index in [2.05, 4.69) is 15.6 Å². The van der Waals surface area contributed by atoms with Gasteiger partial charge in [-0.05, 0) is 19.8 Å². The van der Waals surface area contributed by atoms with Gasteiger partial charge in [0.25, 0.3) is 5.91 Å². The number of imide groups is 1. The number of rotatable bonds is 4. The van der Waals surface area contributed by atoms with Crippen LogP contribution in [0.3, 0.4) is 0 Å². The lowest BCUT2D eigenvalue weighted by Crippen LogP contribution is -2.48. The Morgan fingerprint density at radius 1 is 1.04 bits per heavy atom. The van der Waals surface area contributed by atoms with Crippen LogP contribution in [0, 0.1) is 0 Å². The highest BCUT2D eigenvalue weighted by Crippen LogP contribution is 2.36. The smallest absolute Gasteiger partial charge is 0.359 e. The maximum absolute atomic E-state index is 12.2. The Balaban J connectivity index is 1.93. The summed E-state index contributed by atoms with van der Waals surface area (Å²) in [7, 11) is 0. The first-order chi connectivity index (χ1) is 12.7. The molecule has 1 aliphatic carbocycles. The Kier molecular flexibility index (Phi) is 7.97. The standard InChI is InChI=1S/C16H17Cl4N3O4/c1-7(14(24)23-16(26)21-8-5-3-2-4-6-8)27-15(25)12-10(18)9(17)11(19)13(20)22-12/h7-8H,2-6H2,1H3,(H2,21,23,24,26)/t7-/m1/s1. The van der Waals surface area contributed by atoms with Crippen molar-refractivity contribution in [2.24, 2.45) is 0 Å². The summed E-state index contributed by atoms with van der Waals surface area (Å²) in [5.41, 5.74) is -0.387. The molecule has 148 valence electrons. The Morgan fingerprint density at radius 2 is 1.67 bits per heavy atom.